The molecule has 0 N–H and O–H groups in total. The molecule has 4 nitrogen and oxygen atoms in total. The highest BCUT2D eigenvalue weighted by molar-refractivity contribution is 7.93. The molecule has 0 fully saturated rings. The highest BCUT2D eigenvalue weighted by atomic mass is 32.3. The van der Waals surface area contributed by atoms with Gasteiger partial charge < -0.3 is 0 Å². The van der Waals surface area contributed by atoms with E-state index in [1.54, 1.807) is 0 Å². The van der Waals surface area contributed by atoms with E-state index < -0.39 is 31.6 Å². The third-order valence-corrected chi connectivity index (χ3v) is 3.53. The molecule has 0 aromatic heterocycles. The summed E-state index contributed by atoms with van der Waals surface area (Å²) in [4.78, 5) is 0. The minimum Gasteiger partial charge on any atom is -0.228 e. The first-order valence-corrected chi connectivity index (χ1v) is 6.38. The van der Waals surface area contributed by atoms with Crippen LogP contribution in [0.2, 0.25) is 0 Å². The van der Waals surface area contributed by atoms with Gasteiger partial charge in [-0.1, -0.05) is 6.08 Å². The third-order valence-electron chi connectivity index (χ3n) is 1.01. The zero-order chi connectivity index (χ0) is 9.83. The summed E-state index contributed by atoms with van der Waals surface area (Å²) < 4.78 is 53.2. The summed E-state index contributed by atoms with van der Waals surface area (Å²) in [6.07, 6.45) is 1.13. The monoisotopic (exact) mass is 216 g/mol. The van der Waals surface area contributed by atoms with Crippen LogP contribution in [0.15, 0.2) is 12.7 Å². The van der Waals surface area contributed by atoms with Crippen LogP contribution in [0.3, 0.4) is 0 Å². The average molecular weight is 216 g/mol. The number of hydrogen-bond donors (Lipinski definition) is 0. The standard InChI is InChI=1S/C5H9FO4S2/c1-2-3-11(7,8)4-5-12(6,9)10/h2H,1,3-5H2. The minimum atomic E-state index is -4.69. The van der Waals surface area contributed by atoms with Crippen LogP contribution in [-0.2, 0) is 20.1 Å². The molecule has 0 spiro atoms. The molecule has 0 aliphatic heterocycles. The predicted octanol–water partition coefficient (Wildman–Crippen LogP) is -0.113. The zero-order valence-corrected chi connectivity index (χ0v) is 7.87. The van der Waals surface area contributed by atoms with E-state index in [4.69, 9.17) is 0 Å². The van der Waals surface area contributed by atoms with Crippen LogP contribution >= 0.6 is 0 Å². The molecule has 0 aliphatic carbocycles. The summed E-state index contributed by atoms with van der Waals surface area (Å²) in [5.74, 6) is -2.01. The molecule has 0 aromatic carbocycles. The van der Waals surface area contributed by atoms with E-state index in [9.17, 15) is 20.7 Å². The molecule has 7 heteroatoms. The Hall–Kier alpha value is -0.430. The third kappa shape index (κ3) is 6.29. The summed E-state index contributed by atoms with van der Waals surface area (Å²) >= 11 is 0. The molecule has 0 radical (unpaired) electrons. The number of sulfone groups is 1. The fourth-order valence-electron chi connectivity index (χ4n) is 0.489. The van der Waals surface area contributed by atoms with E-state index in [0.29, 0.717) is 0 Å². The molecule has 0 heterocycles. The van der Waals surface area contributed by atoms with Crippen LogP contribution < -0.4 is 0 Å². The lowest BCUT2D eigenvalue weighted by molar-refractivity contribution is 0.551. The van der Waals surface area contributed by atoms with Gasteiger partial charge in [0.1, 0.15) is 0 Å². The molecule has 0 saturated heterocycles. The summed E-state index contributed by atoms with van der Waals surface area (Å²) in [5, 5.41) is 0. The van der Waals surface area contributed by atoms with Crippen molar-refractivity contribution < 1.29 is 20.7 Å². The number of rotatable bonds is 5. The molecule has 0 aliphatic rings. The first-order chi connectivity index (χ1) is 5.27. The van der Waals surface area contributed by atoms with Crippen molar-refractivity contribution in [3.63, 3.8) is 0 Å². The summed E-state index contributed by atoms with van der Waals surface area (Å²) in [5.41, 5.74) is 0. The lowest BCUT2D eigenvalue weighted by atomic mass is 10.8. The Bertz CT molecular complexity index is 340. The van der Waals surface area contributed by atoms with Gasteiger partial charge in [-0.05, 0) is 0 Å². The zero-order valence-electron chi connectivity index (χ0n) is 6.23. The fraction of sp³-hybridized carbons (Fsp3) is 0.600. The first kappa shape index (κ1) is 11.6. The maximum Gasteiger partial charge on any atom is 0.303 e. The molecule has 0 atom stereocenters. The Labute approximate surface area is 71.2 Å². The smallest absolute Gasteiger partial charge is 0.228 e. The van der Waals surface area contributed by atoms with E-state index in [2.05, 4.69) is 6.58 Å². The lowest BCUT2D eigenvalue weighted by Gasteiger charge is -1.96. The van der Waals surface area contributed by atoms with Gasteiger partial charge in [-0.25, -0.2) is 8.42 Å². The molecule has 0 unspecified atom stereocenters. The average Bonchev–Trinajstić information content (AvgIpc) is 1.83. The van der Waals surface area contributed by atoms with Gasteiger partial charge in [0.2, 0.25) is 0 Å². The van der Waals surface area contributed by atoms with Crippen LogP contribution in [0.1, 0.15) is 0 Å². The normalized spacial score (nSPS) is 12.8. The highest BCUT2D eigenvalue weighted by Crippen LogP contribution is 1.96. The van der Waals surface area contributed by atoms with Crippen LogP contribution in [0, 0.1) is 0 Å². The molecule has 0 amide bonds. The van der Waals surface area contributed by atoms with Crippen molar-refractivity contribution in [3.8, 4) is 0 Å². The van der Waals surface area contributed by atoms with Crippen LogP contribution in [0.4, 0.5) is 3.89 Å². The summed E-state index contributed by atoms with van der Waals surface area (Å²) in [7, 11) is -8.19. The predicted molar refractivity (Wildman–Crippen MR) is 43.7 cm³/mol. The lowest BCUT2D eigenvalue weighted by Crippen LogP contribution is -2.16. The van der Waals surface area contributed by atoms with Gasteiger partial charge in [-0.3, -0.25) is 0 Å². The van der Waals surface area contributed by atoms with Gasteiger partial charge >= 0.3 is 10.2 Å². The largest absolute Gasteiger partial charge is 0.303 e. The number of halogens is 1. The van der Waals surface area contributed by atoms with Crippen molar-refractivity contribution in [2.75, 3.05) is 17.3 Å². The van der Waals surface area contributed by atoms with E-state index in [1.165, 1.54) is 0 Å². The molecule has 0 aromatic rings. The first-order valence-electron chi connectivity index (χ1n) is 3.00. The van der Waals surface area contributed by atoms with Crippen molar-refractivity contribution in [1.82, 2.24) is 0 Å². The van der Waals surface area contributed by atoms with Crippen LogP contribution in [-0.4, -0.2) is 34.1 Å². The van der Waals surface area contributed by atoms with Crippen molar-refractivity contribution in [3.05, 3.63) is 12.7 Å². The Morgan fingerprint density at radius 2 is 1.67 bits per heavy atom. The van der Waals surface area contributed by atoms with Crippen molar-refractivity contribution >= 4 is 20.1 Å². The van der Waals surface area contributed by atoms with Crippen molar-refractivity contribution in [2.24, 2.45) is 0 Å². The Morgan fingerprint density at radius 1 is 1.17 bits per heavy atom. The second-order valence-electron chi connectivity index (χ2n) is 2.15. The molecule has 12 heavy (non-hydrogen) atoms. The molecule has 0 bridgehead atoms. The maximum atomic E-state index is 11.8. The van der Waals surface area contributed by atoms with Gasteiger partial charge in [-0.15, -0.1) is 10.5 Å². The van der Waals surface area contributed by atoms with Gasteiger partial charge in [0.25, 0.3) is 0 Å². The highest BCUT2D eigenvalue weighted by Gasteiger charge is 2.15. The molecular weight excluding hydrogens is 207 g/mol. The quantitative estimate of drug-likeness (QED) is 0.475. The van der Waals surface area contributed by atoms with Gasteiger partial charge in [-0.2, -0.15) is 8.42 Å². The van der Waals surface area contributed by atoms with E-state index in [-0.39, 0.29) is 5.75 Å². The second kappa shape index (κ2) is 3.99. The minimum absolute atomic E-state index is 0.331. The summed E-state index contributed by atoms with van der Waals surface area (Å²) in [6.45, 7) is 3.17. The Kier molecular flexibility index (Phi) is 3.85. The van der Waals surface area contributed by atoms with E-state index in [0.717, 1.165) is 6.08 Å². The Balaban J connectivity index is 4.20. The number of hydrogen-bond acceptors (Lipinski definition) is 4. The Morgan fingerprint density at radius 3 is 2.00 bits per heavy atom. The summed E-state index contributed by atoms with van der Waals surface area (Å²) in [6, 6.07) is 0. The SMILES string of the molecule is C=CCS(=O)(=O)CCS(=O)(=O)F. The van der Waals surface area contributed by atoms with E-state index in [1.807, 2.05) is 0 Å². The van der Waals surface area contributed by atoms with Crippen molar-refractivity contribution in [1.29, 1.82) is 0 Å². The van der Waals surface area contributed by atoms with E-state index >= 15 is 0 Å². The molecule has 0 rings (SSSR count). The topological polar surface area (TPSA) is 68.3 Å². The fourth-order valence-corrected chi connectivity index (χ4v) is 2.83. The second-order valence-corrected chi connectivity index (χ2v) is 5.86. The van der Waals surface area contributed by atoms with Gasteiger partial charge in [0, 0.05) is 0 Å². The maximum absolute atomic E-state index is 11.8. The van der Waals surface area contributed by atoms with Crippen molar-refractivity contribution in [2.45, 2.75) is 0 Å². The van der Waals surface area contributed by atoms with Gasteiger partial charge in [0.15, 0.2) is 9.84 Å². The van der Waals surface area contributed by atoms with Crippen LogP contribution in [0.5, 0.6) is 0 Å². The molecule has 72 valence electrons. The molecular formula is C5H9FO4S2. The van der Waals surface area contributed by atoms with Crippen LogP contribution in [0.25, 0.3) is 0 Å². The van der Waals surface area contributed by atoms with Gasteiger partial charge in [0.05, 0.1) is 17.3 Å². The molecule has 0 saturated carbocycles.